The Bertz CT molecular complexity index is 479. The Balaban J connectivity index is 1.66. The summed E-state index contributed by atoms with van der Waals surface area (Å²) in [4.78, 5) is 11.5. The Labute approximate surface area is 133 Å². The standard InChI is InChI=1S/C17H28N4O/c1-21(2)17(8-11-22-12-9-17)13-19-16-18-10-7-15(20-16)14-5-3-4-6-14/h7,10,14H,3-6,8-9,11-13H2,1-2H3,(H,18,19,20). The van der Waals surface area contributed by atoms with Crippen molar-refractivity contribution in [2.24, 2.45) is 0 Å². The first-order chi connectivity index (χ1) is 10.7. The van der Waals surface area contributed by atoms with Crippen molar-refractivity contribution in [3.05, 3.63) is 18.0 Å². The number of anilines is 1. The zero-order valence-electron chi connectivity index (χ0n) is 13.8. The monoisotopic (exact) mass is 304 g/mol. The Kier molecular flexibility index (Phi) is 4.93. The van der Waals surface area contributed by atoms with Gasteiger partial charge in [0.1, 0.15) is 0 Å². The van der Waals surface area contributed by atoms with Crippen LogP contribution in [-0.2, 0) is 4.74 Å². The molecule has 0 amide bonds. The largest absolute Gasteiger partial charge is 0.381 e. The van der Waals surface area contributed by atoms with Gasteiger partial charge in [-0.05, 0) is 45.8 Å². The normalized spacial score (nSPS) is 22.1. The van der Waals surface area contributed by atoms with Crippen molar-refractivity contribution >= 4 is 5.95 Å². The van der Waals surface area contributed by atoms with Gasteiger partial charge in [-0.1, -0.05) is 12.8 Å². The third-order valence-electron chi connectivity index (χ3n) is 5.40. The molecule has 0 spiro atoms. The number of nitrogens with zero attached hydrogens (tertiary/aromatic N) is 3. The van der Waals surface area contributed by atoms with E-state index in [0.29, 0.717) is 5.92 Å². The van der Waals surface area contributed by atoms with Gasteiger partial charge in [-0.15, -0.1) is 0 Å². The van der Waals surface area contributed by atoms with Crippen LogP contribution in [-0.4, -0.2) is 54.3 Å². The van der Waals surface area contributed by atoms with Crippen LogP contribution in [0.3, 0.4) is 0 Å². The molecule has 0 radical (unpaired) electrons. The van der Waals surface area contributed by atoms with Crippen LogP contribution in [0, 0.1) is 0 Å². The first-order valence-corrected chi connectivity index (χ1v) is 8.52. The van der Waals surface area contributed by atoms with Crippen LogP contribution in [0.15, 0.2) is 12.3 Å². The van der Waals surface area contributed by atoms with Crippen molar-refractivity contribution in [2.75, 3.05) is 39.2 Å². The molecule has 1 aromatic rings. The highest BCUT2D eigenvalue weighted by Crippen LogP contribution is 2.33. The van der Waals surface area contributed by atoms with Crippen molar-refractivity contribution in [3.8, 4) is 0 Å². The molecule has 2 aliphatic rings. The Morgan fingerprint density at radius 2 is 2.00 bits per heavy atom. The first kappa shape index (κ1) is 15.7. The summed E-state index contributed by atoms with van der Waals surface area (Å²) in [7, 11) is 4.31. The van der Waals surface area contributed by atoms with E-state index in [1.54, 1.807) is 0 Å². The van der Waals surface area contributed by atoms with Crippen LogP contribution in [0.2, 0.25) is 0 Å². The summed E-state index contributed by atoms with van der Waals surface area (Å²) in [6.07, 6.45) is 9.22. The molecule has 2 heterocycles. The molecule has 3 rings (SSSR count). The van der Waals surface area contributed by atoms with Gasteiger partial charge in [0.25, 0.3) is 0 Å². The quantitative estimate of drug-likeness (QED) is 0.906. The van der Waals surface area contributed by atoms with Gasteiger partial charge < -0.3 is 15.0 Å². The zero-order chi connectivity index (χ0) is 15.4. The highest BCUT2D eigenvalue weighted by molar-refractivity contribution is 5.28. The molecule has 1 saturated heterocycles. The second kappa shape index (κ2) is 6.92. The van der Waals surface area contributed by atoms with Crippen molar-refractivity contribution in [2.45, 2.75) is 50.0 Å². The molecule has 5 nitrogen and oxygen atoms in total. The van der Waals surface area contributed by atoms with Crippen LogP contribution in [0.4, 0.5) is 5.95 Å². The lowest BCUT2D eigenvalue weighted by Gasteiger charge is -2.42. The lowest BCUT2D eigenvalue weighted by Crippen LogP contribution is -2.53. The highest BCUT2D eigenvalue weighted by atomic mass is 16.5. The van der Waals surface area contributed by atoms with E-state index in [2.05, 4.69) is 35.4 Å². The van der Waals surface area contributed by atoms with E-state index >= 15 is 0 Å². The maximum Gasteiger partial charge on any atom is 0.222 e. The van der Waals surface area contributed by atoms with Gasteiger partial charge in [-0.3, -0.25) is 0 Å². The lowest BCUT2D eigenvalue weighted by molar-refractivity contribution is -0.000705. The molecule has 0 atom stereocenters. The van der Waals surface area contributed by atoms with E-state index in [1.807, 2.05) is 6.20 Å². The number of hydrogen-bond donors (Lipinski definition) is 1. The molecular weight excluding hydrogens is 276 g/mol. The first-order valence-electron chi connectivity index (χ1n) is 8.52. The minimum atomic E-state index is 0.144. The van der Waals surface area contributed by atoms with E-state index in [-0.39, 0.29) is 5.54 Å². The van der Waals surface area contributed by atoms with Gasteiger partial charge in [0.15, 0.2) is 0 Å². The molecule has 22 heavy (non-hydrogen) atoms. The van der Waals surface area contributed by atoms with Gasteiger partial charge in [-0.25, -0.2) is 9.97 Å². The van der Waals surface area contributed by atoms with Crippen molar-refractivity contribution in [1.29, 1.82) is 0 Å². The number of nitrogens with one attached hydrogen (secondary N) is 1. The maximum atomic E-state index is 5.53. The Hall–Kier alpha value is -1.20. The molecule has 1 aliphatic heterocycles. The van der Waals surface area contributed by atoms with Crippen LogP contribution in [0.5, 0.6) is 0 Å². The summed E-state index contributed by atoms with van der Waals surface area (Å²) in [5.41, 5.74) is 1.35. The molecule has 2 fully saturated rings. The Morgan fingerprint density at radius 3 is 2.68 bits per heavy atom. The summed E-state index contributed by atoms with van der Waals surface area (Å²) in [5, 5.41) is 3.48. The van der Waals surface area contributed by atoms with Crippen LogP contribution < -0.4 is 5.32 Å². The van der Waals surface area contributed by atoms with Gasteiger partial charge in [0, 0.05) is 43.1 Å². The lowest BCUT2D eigenvalue weighted by atomic mass is 9.88. The smallest absolute Gasteiger partial charge is 0.222 e. The number of likely N-dealkylation sites (N-methyl/N-ethyl adjacent to an activating group) is 1. The van der Waals surface area contributed by atoms with E-state index in [4.69, 9.17) is 9.72 Å². The van der Waals surface area contributed by atoms with E-state index in [0.717, 1.165) is 38.5 Å². The molecule has 1 saturated carbocycles. The van der Waals surface area contributed by atoms with Crippen molar-refractivity contribution in [1.82, 2.24) is 14.9 Å². The SMILES string of the molecule is CN(C)C1(CNc2nccc(C3CCCC3)n2)CCOCC1. The fourth-order valence-corrected chi connectivity index (χ4v) is 3.68. The number of aromatic nitrogens is 2. The summed E-state index contributed by atoms with van der Waals surface area (Å²) in [6, 6.07) is 2.08. The molecule has 1 aliphatic carbocycles. The topological polar surface area (TPSA) is 50.3 Å². The second-order valence-electron chi connectivity index (χ2n) is 6.87. The van der Waals surface area contributed by atoms with Gasteiger partial charge >= 0.3 is 0 Å². The van der Waals surface area contributed by atoms with Gasteiger partial charge in [0.2, 0.25) is 5.95 Å². The fourth-order valence-electron chi connectivity index (χ4n) is 3.68. The summed E-state index contributed by atoms with van der Waals surface area (Å²) >= 11 is 0. The average Bonchev–Trinajstić information content (AvgIpc) is 3.08. The summed E-state index contributed by atoms with van der Waals surface area (Å²) < 4.78 is 5.53. The van der Waals surface area contributed by atoms with Crippen LogP contribution >= 0.6 is 0 Å². The molecule has 1 aromatic heterocycles. The number of rotatable bonds is 5. The van der Waals surface area contributed by atoms with E-state index < -0.39 is 0 Å². The van der Waals surface area contributed by atoms with E-state index in [1.165, 1.54) is 31.4 Å². The van der Waals surface area contributed by atoms with Gasteiger partial charge in [-0.2, -0.15) is 0 Å². The summed E-state index contributed by atoms with van der Waals surface area (Å²) in [5.74, 6) is 1.41. The summed E-state index contributed by atoms with van der Waals surface area (Å²) in [6.45, 7) is 2.54. The van der Waals surface area contributed by atoms with Crippen molar-refractivity contribution in [3.63, 3.8) is 0 Å². The number of hydrogen-bond acceptors (Lipinski definition) is 5. The molecule has 0 bridgehead atoms. The van der Waals surface area contributed by atoms with Crippen molar-refractivity contribution < 1.29 is 4.74 Å². The van der Waals surface area contributed by atoms with Crippen LogP contribution in [0.25, 0.3) is 0 Å². The van der Waals surface area contributed by atoms with E-state index in [9.17, 15) is 0 Å². The minimum absolute atomic E-state index is 0.144. The fraction of sp³-hybridized carbons (Fsp3) is 0.765. The molecule has 122 valence electrons. The third-order valence-corrected chi connectivity index (χ3v) is 5.40. The molecule has 0 unspecified atom stereocenters. The molecular formula is C17H28N4O. The predicted octanol–water partition coefficient (Wildman–Crippen LogP) is 2.66. The average molecular weight is 304 g/mol. The minimum Gasteiger partial charge on any atom is -0.381 e. The van der Waals surface area contributed by atoms with Crippen LogP contribution in [0.1, 0.15) is 50.1 Å². The highest BCUT2D eigenvalue weighted by Gasteiger charge is 2.34. The Morgan fingerprint density at radius 1 is 1.27 bits per heavy atom. The molecule has 5 heteroatoms. The third kappa shape index (κ3) is 3.41. The molecule has 0 aromatic carbocycles. The molecule has 1 N–H and O–H groups in total. The zero-order valence-corrected chi connectivity index (χ0v) is 13.8. The second-order valence-corrected chi connectivity index (χ2v) is 6.87. The number of ether oxygens (including phenoxy) is 1. The maximum absolute atomic E-state index is 5.53. The predicted molar refractivity (Wildman–Crippen MR) is 88.2 cm³/mol. The van der Waals surface area contributed by atoms with Gasteiger partial charge in [0.05, 0.1) is 0 Å².